The first kappa shape index (κ1) is 9.33. The fraction of sp³-hybridized carbons (Fsp3) is 0.667. The molecule has 5 heteroatoms. The van der Waals surface area contributed by atoms with Crippen LogP contribution in [0.25, 0.3) is 5.57 Å². The number of aryl methyl sites for hydroxylation is 1. The number of aromatic nitrogens is 4. The predicted molar refractivity (Wildman–Crippen MR) is 53.4 cm³/mol. The van der Waals surface area contributed by atoms with E-state index in [1.165, 1.54) is 10.4 Å². The van der Waals surface area contributed by atoms with Crippen LogP contribution in [0, 0.1) is 5.92 Å². The fourth-order valence-corrected chi connectivity index (χ4v) is 1.85. The lowest BCUT2D eigenvalue weighted by Crippen LogP contribution is -2.30. The molecule has 0 saturated heterocycles. The normalized spacial score (nSPS) is 23.6. The Morgan fingerprint density at radius 3 is 2.79 bits per heavy atom. The summed E-state index contributed by atoms with van der Waals surface area (Å²) < 4.78 is 0. The van der Waals surface area contributed by atoms with Gasteiger partial charge in [0.2, 0.25) is 5.82 Å². The minimum Gasteiger partial charge on any atom is -0.301 e. The van der Waals surface area contributed by atoms with Crippen LogP contribution in [0.2, 0.25) is 0 Å². The van der Waals surface area contributed by atoms with Crippen molar-refractivity contribution in [2.45, 2.75) is 6.92 Å². The molecule has 14 heavy (non-hydrogen) atoms. The van der Waals surface area contributed by atoms with E-state index in [-0.39, 0.29) is 0 Å². The zero-order valence-corrected chi connectivity index (χ0v) is 8.80. The van der Waals surface area contributed by atoms with E-state index in [4.69, 9.17) is 0 Å². The van der Waals surface area contributed by atoms with Crippen molar-refractivity contribution in [1.82, 2.24) is 25.1 Å². The zero-order chi connectivity index (χ0) is 10.1. The number of hydrogen-bond acceptors (Lipinski definition) is 4. The summed E-state index contributed by atoms with van der Waals surface area (Å²) in [7, 11) is 3.90. The Balaban J connectivity index is 2.25. The molecule has 2 rings (SSSR count). The highest BCUT2D eigenvalue weighted by Crippen LogP contribution is 2.19. The molecular formula is C9H15N5. The quantitative estimate of drug-likeness (QED) is 0.638. The summed E-state index contributed by atoms with van der Waals surface area (Å²) in [5, 5.41) is 12.1. The van der Waals surface area contributed by atoms with Crippen LogP contribution >= 0.6 is 0 Å². The second kappa shape index (κ2) is 3.49. The van der Waals surface area contributed by atoms with Crippen molar-refractivity contribution < 1.29 is 0 Å². The van der Waals surface area contributed by atoms with E-state index >= 15 is 0 Å². The van der Waals surface area contributed by atoms with Crippen LogP contribution < -0.4 is 0 Å². The van der Waals surface area contributed by atoms with E-state index < -0.39 is 0 Å². The SMILES string of the molecule is CC1C=C(c2nnn(C)n2)CN(C)C1. The third kappa shape index (κ3) is 1.82. The lowest BCUT2D eigenvalue weighted by molar-refractivity contribution is 0.329. The summed E-state index contributed by atoms with van der Waals surface area (Å²) in [5.41, 5.74) is 1.18. The maximum Gasteiger partial charge on any atom is 0.201 e. The van der Waals surface area contributed by atoms with Gasteiger partial charge in [0.15, 0.2) is 0 Å². The van der Waals surface area contributed by atoms with Gasteiger partial charge in [0.05, 0.1) is 7.05 Å². The molecule has 1 aromatic heterocycles. The van der Waals surface area contributed by atoms with Gasteiger partial charge in [-0.2, -0.15) is 4.80 Å². The molecule has 5 nitrogen and oxygen atoms in total. The van der Waals surface area contributed by atoms with Gasteiger partial charge in [-0.1, -0.05) is 13.0 Å². The van der Waals surface area contributed by atoms with Crippen LogP contribution in [-0.4, -0.2) is 45.2 Å². The summed E-state index contributed by atoms with van der Waals surface area (Å²) in [6.45, 7) is 4.21. The molecule has 1 aliphatic heterocycles. The van der Waals surface area contributed by atoms with Gasteiger partial charge >= 0.3 is 0 Å². The molecule has 0 amide bonds. The van der Waals surface area contributed by atoms with Crippen LogP contribution in [0.5, 0.6) is 0 Å². The number of nitrogens with zero attached hydrogens (tertiary/aromatic N) is 5. The highest BCUT2D eigenvalue weighted by molar-refractivity contribution is 5.61. The van der Waals surface area contributed by atoms with Crippen molar-refractivity contribution in [3.63, 3.8) is 0 Å². The van der Waals surface area contributed by atoms with Crippen molar-refractivity contribution in [2.75, 3.05) is 20.1 Å². The molecule has 0 saturated carbocycles. The van der Waals surface area contributed by atoms with Crippen molar-refractivity contribution in [1.29, 1.82) is 0 Å². The molecule has 1 unspecified atom stereocenters. The smallest absolute Gasteiger partial charge is 0.201 e. The van der Waals surface area contributed by atoms with E-state index in [0.29, 0.717) is 5.92 Å². The molecule has 0 fully saturated rings. The maximum absolute atomic E-state index is 4.20. The molecule has 1 aromatic rings. The minimum absolute atomic E-state index is 0.563. The first-order chi connectivity index (χ1) is 6.65. The molecule has 76 valence electrons. The fourth-order valence-electron chi connectivity index (χ4n) is 1.85. The van der Waals surface area contributed by atoms with E-state index in [1.54, 1.807) is 7.05 Å². The number of hydrogen-bond donors (Lipinski definition) is 0. The van der Waals surface area contributed by atoms with Gasteiger partial charge in [0.25, 0.3) is 0 Å². The van der Waals surface area contributed by atoms with Gasteiger partial charge in [-0.05, 0) is 18.2 Å². The summed E-state index contributed by atoms with van der Waals surface area (Å²) in [6, 6.07) is 0. The molecule has 0 aromatic carbocycles. The molecule has 0 radical (unpaired) electrons. The lowest BCUT2D eigenvalue weighted by Gasteiger charge is -2.25. The Kier molecular flexibility index (Phi) is 2.33. The third-order valence-corrected chi connectivity index (χ3v) is 2.32. The Morgan fingerprint density at radius 2 is 2.21 bits per heavy atom. The van der Waals surface area contributed by atoms with Gasteiger partial charge in [-0.25, -0.2) is 0 Å². The van der Waals surface area contributed by atoms with Gasteiger partial charge < -0.3 is 4.90 Å². The first-order valence-electron chi connectivity index (χ1n) is 4.79. The summed E-state index contributed by atoms with van der Waals surface area (Å²) in [6.07, 6.45) is 2.23. The van der Waals surface area contributed by atoms with Crippen LogP contribution in [0.4, 0.5) is 0 Å². The Morgan fingerprint density at radius 1 is 1.43 bits per heavy atom. The van der Waals surface area contributed by atoms with Crippen molar-refractivity contribution in [3.05, 3.63) is 11.9 Å². The van der Waals surface area contributed by atoms with Crippen molar-refractivity contribution in [3.8, 4) is 0 Å². The molecular weight excluding hydrogens is 178 g/mol. The Bertz CT molecular complexity index is 354. The van der Waals surface area contributed by atoms with E-state index in [1.807, 2.05) is 0 Å². The van der Waals surface area contributed by atoms with E-state index in [2.05, 4.69) is 40.4 Å². The monoisotopic (exact) mass is 193 g/mol. The topological polar surface area (TPSA) is 46.8 Å². The summed E-state index contributed by atoms with van der Waals surface area (Å²) >= 11 is 0. The molecule has 0 spiro atoms. The molecule has 0 N–H and O–H groups in total. The van der Waals surface area contributed by atoms with Crippen LogP contribution in [0.15, 0.2) is 6.08 Å². The zero-order valence-electron chi connectivity index (χ0n) is 8.80. The average Bonchev–Trinajstić information content (AvgIpc) is 2.50. The predicted octanol–water partition coefficient (Wildman–Crippen LogP) is 0.175. The molecule has 1 aliphatic rings. The minimum atomic E-state index is 0.563. The summed E-state index contributed by atoms with van der Waals surface area (Å²) in [4.78, 5) is 3.77. The maximum atomic E-state index is 4.20. The second-order valence-electron chi connectivity index (χ2n) is 3.97. The van der Waals surface area contributed by atoms with E-state index in [0.717, 1.165) is 18.9 Å². The van der Waals surface area contributed by atoms with Crippen molar-refractivity contribution in [2.24, 2.45) is 13.0 Å². The molecule has 2 heterocycles. The number of tetrazole rings is 1. The largest absolute Gasteiger partial charge is 0.301 e. The standard InChI is InChI=1S/C9H15N5/c1-7-4-8(6-13(2)5-7)9-10-12-14(3)11-9/h4,7H,5-6H2,1-3H3. The molecule has 0 bridgehead atoms. The first-order valence-corrected chi connectivity index (χ1v) is 4.79. The molecule has 1 atom stereocenters. The highest BCUT2D eigenvalue weighted by atomic mass is 15.6. The van der Waals surface area contributed by atoms with Gasteiger partial charge in [-0.15, -0.1) is 10.2 Å². The lowest BCUT2D eigenvalue weighted by atomic mass is 10.0. The van der Waals surface area contributed by atoms with Crippen LogP contribution in [0.1, 0.15) is 12.7 Å². The van der Waals surface area contributed by atoms with Gasteiger partial charge in [-0.3, -0.25) is 0 Å². The second-order valence-corrected chi connectivity index (χ2v) is 3.97. The Hall–Kier alpha value is -1.23. The Labute approximate surface area is 83.4 Å². The van der Waals surface area contributed by atoms with Gasteiger partial charge in [0.1, 0.15) is 0 Å². The summed E-state index contributed by atoms with van der Waals surface area (Å²) in [5.74, 6) is 1.32. The van der Waals surface area contributed by atoms with E-state index in [9.17, 15) is 0 Å². The molecule has 0 aliphatic carbocycles. The number of likely N-dealkylation sites (N-methyl/N-ethyl adjacent to an activating group) is 1. The van der Waals surface area contributed by atoms with Crippen molar-refractivity contribution >= 4 is 5.57 Å². The van der Waals surface area contributed by atoms with Crippen LogP contribution in [-0.2, 0) is 7.05 Å². The highest BCUT2D eigenvalue weighted by Gasteiger charge is 2.17. The van der Waals surface area contributed by atoms with Gasteiger partial charge in [0, 0.05) is 18.7 Å². The number of rotatable bonds is 1. The third-order valence-electron chi connectivity index (χ3n) is 2.32. The average molecular weight is 193 g/mol. The van der Waals surface area contributed by atoms with Crippen LogP contribution in [0.3, 0.4) is 0 Å².